The predicted molar refractivity (Wildman–Crippen MR) is 59.8 cm³/mol. The molecule has 1 aliphatic rings. The van der Waals surface area contributed by atoms with Crippen LogP contribution in [0.4, 0.5) is 0 Å². The fourth-order valence-corrected chi connectivity index (χ4v) is 1.89. The number of carboxylic acid groups (broad SMARTS) is 1. The van der Waals surface area contributed by atoms with Gasteiger partial charge in [0.25, 0.3) is 0 Å². The van der Waals surface area contributed by atoms with E-state index in [-0.39, 0.29) is 0 Å². The average molecular weight is 224 g/mol. The zero-order chi connectivity index (χ0) is 10.8. The van der Waals surface area contributed by atoms with Crippen molar-refractivity contribution in [1.82, 2.24) is 0 Å². The lowest BCUT2D eigenvalue weighted by molar-refractivity contribution is -0.136. The molecule has 0 fully saturated rings. The minimum Gasteiger partial charge on any atom is -0.493 e. The van der Waals surface area contributed by atoms with Crippen molar-refractivity contribution in [2.24, 2.45) is 0 Å². The van der Waals surface area contributed by atoms with Gasteiger partial charge in [0.05, 0.1) is 6.61 Å². The van der Waals surface area contributed by atoms with Crippen molar-refractivity contribution in [3.05, 3.63) is 29.3 Å². The number of fused-ring (bicyclic) bond motifs is 1. The van der Waals surface area contributed by atoms with Crippen LogP contribution in [0.15, 0.2) is 18.2 Å². The molecule has 0 bridgehead atoms. The molecule has 1 unspecified atom stereocenters. The highest BCUT2D eigenvalue weighted by Crippen LogP contribution is 2.26. The molecule has 4 heteroatoms. The van der Waals surface area contributed by atoms with Gasteiger partial charge in [-0.05, 0) is 23.6 Å². The fourth-order valence-electron chi connectivity index (χ4n) is 1.68. The Labute approximate surface area is 93.5 Å². The largest absolute Gasteiger partial charge is 0.493 e. The highest BCUT2D eigenvalue weighted by atomic mass is 32.1. The Balaban J connectivity index is 2.13. The SMILES string of the molecule is O=C(O)C(S)Cc1ccc2c(c1)CCO2. The van der Waals surface area contributed by atoms with E-state index in [9.17, 15) is 4.79 Å². The minimum atomic E-state index is -0.880. The third kappa shape index (κ3) is 2.26. The summed E-state index contributed by atoms with van der Waals surface area (Å²) in [5.74, 6) is 0.0415. The number of hydrogen-bond acceptors (Lipinski definition) is 3. The van der Waals surface area contributed by atoms with Crippen molar-refractivity contribution in [3.8, 4) is 5.75 Å². The van der Waals surface area contributed by atoms with Crippen LogP contribution < -0.4 is 4.74 Å². The zero-order valence-electron chi connectivity index (χ0n) is 8.14. The second-order valence-electron chi connectivity index (χ2n) is 3.60. The second-order valence-corrected chi connectivity index (χ2v) is 4.22. The summed E-state index contributed by atoms with van der Waals surface area (Å²) in [7, 11) is 0. The molecule has 0 aliphatic carbocycles. The molecule has 1 atom stereocenters. The van der Waals surface area contributed by atoms with Crippen molar-refractivity contribution in [1.29, 1.82) is 0 Å². The highest BCUT2D eigenvalue weighted by Gasteiger charge is 2.16. The molecule has 1 N–H and O–H groups in total. The van der Waals surface area contributed by atoms with Crippen LogP contribution >= 0.6 is 12.6 Å². The number of carboxylic acids is 1. The summed E-state index contributed by atoms with van der Waals surface area (Å²) in [4.78, 5) is 10.6. The maximum Gasteiger partial charge on any atom is 0.316 e. The van der Waals surface area contributed by atoms with Gasteiger partial charge in [0.2, 0.25) is 0 Å². The monoisotopic (exact) mass is 224 g/mol. The Morgan fingerprint density at radius 3 is 3.13 bits per heavy atom. The van der Waals surface area contributed by atoms with Gasteiger partial charge in [0, 0.05) is 6.42 Å². The molecule has 1 heterocycles. The Morgan fingerprint density at radius 2 is 2.40 bits per heavy atom. The predicted octanol–water partition coefficient (Wildman–Crippen LogP) is 1.55. The van der Waals surface area contributed by atoms with Crippen LogP contribution in [0.5, 0.6) is 5.75 Å². The van der Waals surface area contributed by atoms with Gasteiger partial charge in [-0.25, -0.2) is 0 Å². The number of carbonyl (C=O) groups is 1. The van der Waals surface area contributed by atoms with Crippen LogP contribution in [0, 0.1) is 0 Å². The van der Waals surface area contributed by atoms with Gasteiger partial charge < -0.3 is 9.84 Å². The summed E-state index contributed by atoms with van der Waals surface area (Å²) >= 11 is 4.01. The van der Waals surface area contributed by atoms with E-state index in [1.165, 1.54) is 5.56 Å². The van der Waals surface area contributed by atoms with E-state index in [1.807, 2.05) is 18.2 Å². The number of hydrogen-bond donors (Lipinski definition) is 2. The van der Waals surface area contributed by atoms with Gasteiger partial charge in [-0.1, -0.05) is 12.1 Å². The minimum absolute atomic E-state index is 0.450. The summed E-state index contributed by atoms with van der Waals surface area (Å²) in [6.07, 6.45) is 1.36. The number of ether oxygens (including phenoxy) is 1. The highest BCUT2D eigenvalue weighted by molar-refractivity contribution is 7.81. The molecular formula is C11H12O3S. The lowest BCUT2D eigenvalue weighted by atomic mass is 10.0. The molecule has 0 saturated heterocycles. The number of rotatable bonds is 3. The molecule has 1 aliphatic heterocycles. The lowest BCUT2D eigenvalue weighted by Gasteiger charge is -2.06. The van der Waals surface area contributed by atoms with Gasteiger partial charge >= 0.3 is 5.97 Å². The van der Waals surface area contributed by atoms with E-state index in [0.29, 0.717) is 6.42 Å². The van der Waals surface area contributed by atoms with Gasteiger partial charge in [-0.3, -0.25) is 4.79 Å². The van der Waals surface area contributed by atoms with Crippen molar-refractivity contribution in [3.63, 3.8) is 0 Å². The summed E-state index contributed by atoms with van der Waals surface area (Å²) in [5, 5.41) is 8.10. The van der Waals surface area contributed by atoms with E-state index in [0.717, 1.165) is 24.3 Å². The molecule has 0 saturated carbocycles. The van der Waals surface area contributed by atoms with Gasteiger partial charge in [-0.2, -0.15) is 12.6 Å². The Hall–Kier alpha value is -1.16. The van der Waals surface area contributed by atoms with E-state index >= 15 is 0 Å². The standard InChI is InChI=1S/C11H12O3S/c12-11(13)10(15)6-7-1-2-9-8(5-7)3-4-14-9/h1-2,5,10,15H,3-4,6H2,(H,12,13). The van der Waals surface area contributed by atoms with Crippen LogP contribution in [0.25, 0.3) is 0 Å². The molecule has 1 aromatic carbocycles. The van der Waals surface area contributed by atoms with Crippen LogP contribution in [0.2, 0.25) is 0 Å². The number of aliphatic carboxylic acids is 1. The van der Waals surface area contributed by atoms with E-state index in [2.05, 4.69) is 12.6 Å². The van der Waals surface area contributed by atoms with E-state index in [1.54, 1.807) is 0 Å². The Bertz CT molecular complexity index is 389. The van der Waals surface area contributed by atoms with Crippen LogP contribution in [0.3, 0.4) is 0 Å². The normalized spacial score (nSPS) is 15.5. The molecule has 1 aromatic rings. The molecule has 3 nitrogen and oxygen atoms in total. The molecule has 15 heavy (non-hydrogen) atoms. The Morgan fingerprint density at radius 1 is 1.60 bits per heavy atom. The van der Waals surface area contributed by atoms with Gasteiger partial charge in [-0.15, -0.1) is 0 Å². The second kappa shape index (κ2) is 4.14. The number of thiol groups is 1. The first kappa shape index (κ1) is 10.4. The molecule has 0 spiro atoms. The van der Waals surface area contributed by atoms with Crippen LogP contribution in [-0.4, -0.2) is 22.9 Å². The van der Waals surface area contributed by atoms with Crippen molar-refractivity contribution in [2.75, 3.05) is 6.61 Å². The summed E-state index contributed by atoms with van der Waals surface area (Å²) < 4.78 is 5.37. The summed E-state index contributed by atoms with van der Waals surface area (Å²) in [5.41, 5.74) is 2.17. The quantitative estimate of drug-likeness (QED) is 0.766. The summed E-state index contributed by atoms with van der Waals surface area (Å²) in [6.45, 7) is 0.724. The van der Waals surface area contributed by atoms with E-state index < -0.39 is 11.2 Å². The van der Waals surface area contributed by atoms with E-state index in [4.69, 9.17) is 9.84 Å². The third-order valence-electron chi connectivity index (χ3n) is 2.47. The first-order chi connectivity index (χ1) is 7.16. The topological polar surface area (TPSA) is 46.5 Å². The van der Waals surface area contributed by atoms with Crippen molar-refractivity contribution in [2.45, 2.75) is 18.1 Å². The van der Waals surface area contributed by atoms with Gasteiger partial charge in [0.1, 0.15) is 11.0 Å². The number of benzene rings is 1. The first-order valence-electron chi connectivity index (χ1n) is 4.82. The van der Waals surface area contributed by atoms with Crippen LogP contribution in [0.1, 0.15) is 11.1 Å². The molecule has 80 valence electrons. The molecule has 0 aromatic heterocycles. The smallest absolute Gasteiger partial charge is 0.316 e. The average Bonchev–Trinajstić information content (AvgIpc) is 2.64. The first-order valence-corrected chi connectivity index (χ1v) is 5.34. The van der Waals surface area contributed by atoms with Crippen molar-refractivity contribution < 1.29 is 14.6 Å². The maximum absolute atomic E-state index is 10.6. The van der Waals surface area contributed by atoms with Gasteiger partial charge in [0.15, 0.2) is 0 Å². The molecular weight excluding hydrogens is 212 g/mol. The maximum atomic E-state index is 10.6. The van der Waals surface area contributed by atoms with Crippen LogP contribution in [-0.2, 0) is 17.6 Å². The molecule has 0 amide bonds. The Kier molecular flexibility index (Phi) is 2.86. The summed E-state index contributed by atoms with van der Waals surface area (Å²) in [6, 6.07) is 5.81. The third-order valence-corrected chi connectivity index (χ3v) is 2.87. The zero-order valence-corrected chi connectivity index (χ0v) is 9.04. The molecule has 0 radical (unpaired) electrons. The fraction of sp³-hybridized carbons (Fsp3) is 0.364. The molecule has 2 rings (SSSR count). The van der Waals surface area contributed by atoms with Crippen molar-refractivity contribution >= 4 is 18.6 Å². The lowest BCUT2D eigenvalue weighted by Crippen LogP contribution is -2.16.